The smallest absolute Gasteiger partial charge is 0.276 e. The van der Waals surface area contributed by atoms with Crippen molar-refractivity contribution < 1.29 is 18.7 Å². The van der Waals surface area contributed by atoms with Crippen LogP contribution in [-0.2, 0) is 11.3 Å². The molecule has 4 atom stereocenters. The molecule has 2 amide bonds. The average Bonchev–Trinajstić information content (AvgIpc) is 3.39. The number of carbonyl (C=O) groups is 2. The number of anilines is 1. The van der Waals surface area contributed by atoms with Crippen LogP contribution >= 0.6 is 0 Å². The lowest BCUT2D eigenvalue weighted by Gasteiger charge is -2.45. The van der Waals surface area contributed by atoms with Crippen molar-refractivity contribution in [2.24, 2.45) is 11.8 Å². The SMILES string of the molecule is COc1cccc(N2C(=O)c3cc4occc4n3C[C@]2(C)C(=O)N[C@@H]2CCC[C@H](C)[C@@H]2C)c1. The first-order valence-corrected chi connectivity index (χ1v) is 11.7. The maximum Gasteiger partial charge on any atom is 0.276 e. The average molecular weight is 450 g/mol. The lowest BCUT2D eigenvalue weighted by atomic mass is 9.77. The molecule has 2 aromatic heterocycles. The molecular weight excluding hydrogens is 418 g/mol. The van der Waals surface area contributed by atoms with Gasteiger partial charge in [-0.3, -0.25) is 14.5 Å². The summed E-state index contributed by atoms with van der Waals surface area (Å²) in [7, 11) is 1.59. The molecule has 2 aliphatic rings. The van der Waals surface area contributed by atoms with Gasteiger partial charge in [-0.2, -0.15) is 0 Å². The Morgan fingerprint density at radius 1 is 1.21 bits per heavy atom. The molecule has 0 bridgehead atoms. The minimum absolute atomic E-state index is 0.0975. The first-order valence-electron chi connectivity index (χ1n) is 11.7. The van der Waals surface area contributed by atoms with Gasteiger partial charge in [-0.25, -0.2) is 0 Å². The van der Waals surface area contributed by atoms with Gasteiger partial charge >= 0.3 is 0 Å². The van der Waals surface area contributed by atoms with Crippen LogP contribution in [0.1, 0.15) is 50.5 Å². The number of rotatable bonds is 4. The Kier molecular flexibility index (Phi) is 5.22. The van der Waals surface area contributed by atoms with Gasteiger partial charge in [0.2, 0.25) is 5.91 Å². The van der Waals surface area contributed by atoms with Crippen LogP contribution in [-0.4, -0.2) is 35.1 Å². The van der Waals surface area contributed by atoms with Crippen LogP contribution in [0.3, 0.4) is 0 Å². The van der Waals surface area contributed by atoms with E-state index in [9.17, 15) is 9.59 Å². The maximum absolute atomic E-state index is 14.0. The van der Waals surface area contributed by atoms with Gasteiger partial charge < -0.3 is 19.0 Å². The molecule has 33 heavy (non-hydrogen) atoms. The van der Waals surface area contributed by atoms with Gasteiger partial charge in [0.05, 0.1) is 25.4 Å². The molecule has 7 heteroatoms. The van der Waals surface area contributed by atoms with Gasteiger partial charge in [0.1, 0.15) is 17.0 Å². The zero-order valence-corrected chi connectivity index (χ0v) is 19.6. The summed E-state index contributed by atoms with van der Waals surface area (Å²) in [6.45, 7) is 6.64. The lowest BCUT2D eigenvalue weighted by Crippen LogP contribution is -2.66. The number of aromatic nitrogens is 1. The van der Waals surface area contributed by atoms with Gasteiger partial charge in [-0.05, 0) is 37.3 Å². The number of nitrogens with one attached hydrogen (secondary N) is 1. The third-order valence-corrected chi connectivity index (χ3v) is 7.73. The van der Waals surface area contributed by atoms with Crippen LogP contribution in [0, 0.1) is 11.8 Å². The first kappa shape index (κ1) is 21.6. The van der Waals surface area contributed by atoms with Crippen molar-refractivity contribution in [3.8, 4) is 5.75 Å². The molecule has 1 aliphatic heterocycles. The van der Waals surface area contributed by atoms with E-state index in [1.165, 1.54) is 6.42 Å². The fraction of sp³-hybridized carbons (Fsp3) is 0.462. The predicted molar refractivity (Wildman–Crippen MR) is 127 cm³/mol. The second-order valence-corrected chi connectivity index (χ2v) is 9.75. The summed E-state index contributed by atoms with van der Waals surface area (Å²) in [6, 6.07) is 11.0. The number of nitrogens with zero attached hydrogens (tertiary/aromatic N) is 2. The second-order valence-electron chi connectivity index (χ2n) is 9.75. The molecule has 3 aromatic rings. The van der Waals surface area contributed by atoms with E-state index in [1.807, 2.05) is 35.8 Å². The van der Waals surface area contributed by atoms with Crippen molar-refractivity contribution in [3.63, 3.8) is 0 Å². The topological polar surface area (TPSA) is 76.7 Å². The fourth-order valence-electron chi connectivity index (χ4n) is 5.48. The van der Waals surface area contributed by atoms with Crippen LogP contribution in [0.2, 0.25) is 0 Å². The number of amides is 2. The summed E-state index contributed by atoms with van der Waals surface area (Å²) in [6.07, 6.45) is 4.86. The van der Waals surface area contributed by atoms with E-state index in [1.54, 1.807) is 30.4 Å². The quantitative estimate of drug-likeness (QED) is 0.631. The molecular formula is C26H31N3O4. The Hall–Kier alpha value is -3.22. The first-order chi connectivity index (χ1) is 15.8. The van der Waals surface area contributed by atoms with E-state index in [0.29, 0.717) is 41.1 Å². The Morgan fingerprint density at radius 2 is 2.03 bits per heavy atom. The number of methoxy groups -OCH3 is 1. The van der Waals surface area contributed by atoms with Crippen molar-refractivity contribution >= 4 is 28.6 Å². The normalized spacial score (nSPS) is 27.5. The largest absolute Gasteiger partial charge is 0.497 e. The summed E-state index contributed by atoms with van der Waals surface area (Å²) in [5, 5.41) is 3.32. The highest BCUT2D eigenvalue weighted by molar-refractivity contribution is 6.13. The van der Waals surface area contributed by atoms with Gasteiger partial charge in [0.15, 0.2) is 5.58 Å². The van der Waals surface area contributed by atoms with Crippen LogP contribution in [0.25, 0.3) is 11.1 Å². The Bertz CT molecular complexity index is 1210. The number of hydrogen-bond acceptors (Lipinski definition) is 4. The highest BCUT2D eigenvalue weighted by atomic mass is 16.5. The number of benzene rings is 1. The summed E-state index contributed by atoms with van der Waals surface area (Å²) in [5.41, 5.74) is 1.48. The molecule has 1 N–H and O–H groups in total. The van der Waals surface area contributed by atoms with Crippen molar-refractivity contribution in [2.45, 2.75) is 58.2 Å². The number of fused-ring (bicyclic) bond motifs is 3. The van der Waals surface area contributed by atoms with E-state index in [2.05, 4.69) is 19.2 Å². The van der Waals surface area contributed by atoms with Crippen LogP contribution in [0.15, 0.2) is 47.1 Å². The number of hydrogen-bond donors (Lipinski definition) is 1. The molecule has 0 spiro atoms. The third-order valence-electron chi connectivity index (χ3n) is 7.73. The molecule has 1 fully saturated rings. The van der Waals surface area contributed by atoms with E-state index in [-0.39, 0.29) is 17.9 Å². The zero-order chi connectivity index (χ0) is 23.3. The standard InChI is InChI=1S/C26H31N3O4/c1-16-7-5-10-20(17(16)2)27-25(31)26(3)15-28-21-11-12-33-23(21)14-22(28)24(30)29(26)18-8-6-9-19(13-18)32-4/h6,8-9,11-14,16-17,20H,5,7,10,15H2,1-4H3,(H,27,31)/t16-,17-,20+,26+/m0/s1. The molecule has 5 rings (SSSR count). The second kappa shape index (κ2) is 7.97. The van der Waals surface area contributed by atoms with Crippen LogP contribution in [0.4, 0.5) is 5.69 Å². The summed E-state index contributed by atoms with van der Waals surface area (Å²) >= 11 is 0. The van der Waals surface area contributed by atoms with Gasteiger partial charge in [0.25, 0.3) is 5.91 Å². The monoisotopic (exact) mass is 449 g/mol. The highest BCUT2D eigenvalue weighted by Crippen LogP contribution is 2.38. The minimum Gasteiger partial charge on any atom is -0.497 e. The number of ether oxygens (including phenoxy) is 1. The summed E-state index contributed by atoms with van der Waals surface area (Å²) in [4.78, 5) is 29.4. The van der Waals surface area contributed by atoms with Crippen molar-refractivity contribution in [1.29, 1.82) is 0 Å². The molecule has 1 aliphatic carbocycles. The van der Waals surface area contributed by atoms with Gasteiger partial charge in [-0.1, -0.05) is 32.8 Å². The van der Waals surface area contributed by atoms with Crippen molar-refractivity contribution in [2.75, 3.05) is 12.0 Å². The third kappa shape index (κ3) is 3.41. The van der Waals surface area contributed by atoms with E-state index < -0.39 is 5.54 Å². The summed E-state index contributed by atoms with van der Waals surface area (Å²) in [5.74, 6) is 1.20. The van der Waals surface area contributed by atoms with E-state index in [4.69, 9.17) is 9.15 Å². The minimum atomic E-state index is -1.12. The van der Waals surface area contributed by atoms with E-state index in [0.717, 1.165) is 18.4 Å². The van der Waals surface area contributed by atoms with E-state index >= 15 is 0 Å². The van der Waals surface area contributed by atoms with Crippen molar-refractivity contribution in [1.82, 2.24) is 9.88 Å². The Labute approximate surface area is 193 Å². The van der Waals surface area contributed by atoms with Gasteiger partial charge in [0, 0.05) is 29.9 Å². The van der Waals surface area contributed by atoms with Crippen LogP contribution in [0.5, 0.6) is 5.75 Å². The lowest BCUT2D eigenvalue weighted by molar-refractivity contribution is -0.128. The van der Waals surface area contributed by atoms with Crippen LogP contribution < -0.4 is 15.0 Å². The summed E-state index contributed by atoms with van der Waals surface area (Å²) < 4.78 is 12.9. The zero-order valence-electron chi connectivity index (χ0n) is 19.6. The molecule has 174 valence electrons. The Balaban J connectivity index is 1.59. The molecule has 7 nitrogen and oxygen atoms in total. The van der Waals surface area contributed by atoms with Gasteiger partial charge in [-0.15, -0.1) is 0 Å². The molecule has 0 saturated heterocycles. The number of carbonyl (C=O) groups excluding carboxylic acids is 2. The Morgan fingerprint density at radius 3 is 2.82 bits per heavy atom. The number of furan rings is 1. The molecule has 3 heterocycles. The molecule has 1 aromatic carbocycles. The molecule has 0 radical (unpaired) electrons. The molecule has 0 unspecified atom stereocenters. The van der Waals surface area contributed by atoms with Crippen molar-refractivity contribution in [3.05, 3.63) is 48.4 Å². The molecule has 1 saturated carbocycles. The predicted octanol–water partition coefficient (Wildman–Crippen LogP) is 4.60. The maximum atomic E-state index is 14.0. The highest BCUT2D eigenvalue weighted by Gasteiger charge is 2.49. The fourth-order valence-corrected chi connectivity index (χ4v) is 5.48.